The summed E-state index contributed by atoms with van der Waals surface area (Å²) < 4.78 is 11.1. The molecule has 6 nitrogen and oxygen atoms in total. The fourth-order valence-corrected chi connectivity index (χ4v) is 4.46. The number of carbonyl (C=O) groups excluding carboxylic acids is 2. The van der Waals surface area contributed by atoms with E-state index in [0.717, 1.165) is 23.5 Å². The molecule has 0 bridgehead atoms. The van der Waals surface area contributed by atoms with Crippen LogP contribution in [-0.2, 0) is 14.9 Å². The zero-order chi connectivity index (χ0) is 21.4. The van der Waals surface area contributed by atoms with E-state index in [1.54, 1.807) is 6.07 Å². The summed E-state index contributed by atoms with van der Waals surface area (Å²) >= 11 is 1.28. The molecule has 2 amide bonds. The van der Waals surface area contributed by atoms with Gasteiger partial charge in [0, 0.05) is 30.1 Å². The van der Waals surface area contributed by atoms with Crippen molar-refractivity contribution >= 4 is 23.6 Å². The molecule has 0 aliphatic carbocycles. The molecule has 3 N–H and O–H groups in total. The lowest BCUT2D eigenvalue weighted by Crippen LogP contribution is -2.44. The van der Waals surface area contributed by atoms with Gasteiger partial charge in [0.15, 0.2) is 0 Å². The van der Waals surface area contributed by atoms with E-state index < -0.39 is 5.91 Å². The number of thioether (sulfide) groups is 1. The highest BCUT2D eigenvalue weighted by atomic mass is 32.2. The third-order valence-corrected chi connectivity index (χ3v) is 6.41. The van der Waals surface area contributed by atoms with Crippen LogP contribution >= 0.6 is 11.8 Å². The third-order valence-electron chi connectivity index (χ3n) is 5.32. The Morgan fingerprint density at radius 3 is 2.50 bits per heavy atom. The number of nitrogens with one attached hydrogen (secondary N) is 1. The summed E-state index contributed by atoms with van der Waals surface area (Å²) in [5.41, 5.74) is 6.79. The summed E-state index contributed by atoms with van der Waals surface area (Å²) in [7, 11) is 0. The van der Waals surface area contributed by atoms with Crippen molar-refractivity contribution in [3.8, 4) is 5.75 Å². The topological polar surface area (TPSA) is 90.6 Å². The lowest BCUT2D eigenvalue weighted by atomic mass is 9.74. The molecule has 0 saturated carbocycles. The largest absolute Gasteiger partial charge is 0.494 e. The van der Waals surface area contributed by atoms with E-state index in [1.165, 1.54) is 17.3 Å². The minimum absolute atomic E-state index is 0.137. The molecule has 7 heteroatoms. The molecule has 0 unspecified atom stereocenters. The average Bonchev–Trinajstić information content (AvgIpc) is 2.77. The molecule has 0 aromatic heterocycles. The lowest BCUT2D eigenvalue weighted by Gasteiger charge is -2.38. The highest BCUT2D eigenvalue weighted by Crippen LogP contribution is 2.35. The Bertz CT molecular complexity index is 864. The van der Waals surface area contributed by atoms with Gasteiger partial charge in [-0.05, 0) is 49.6 Å². The van der Waals surface area contributed by atoms with Crippen LogP contribution in [0, 0.1) is 0 Å². The first-order valence-corrected chi connectivity index (χ1v) is 11.1. The Balaban J connectivity index is 1.75. The second-order valence-electron chi connectivity index (χ2n) is 7.28. The molecular formula is C23H28N2O4S. The number of nitrogens with two attached hydrogens (primary N) is 1. The molecule has 2 aromatic carbocycles. The van der Waals surface area contributed by atoms with Crippen molar-refractivity contribution < 1.29 is 19.1 Å². The first kappa shape index (κ1) is 22.2. The van der Waals surface area contributed by atoms with Gasteiger partial charge in [-0.3, -0.25) is 9.59 Å². The summed E-state index contributed by atoms with van der Waals surface area (Å²) in [4.78, 5) is 24.9. The van der Waals surface area contributed by atoms with Crippen LogP contribution in [0.1, 0.15) is 35.7 Å². The monoisotopic (exact) mass is 428 g/mol. The fraction of sp³-hybridized carbons (Fsp3) is 0.391. The highest BCUT2D eigenvalue weighted by molar-refractivity contribution is 8.00. The van der Waals surface area contributed by atoms with Crippen molar-refractivity contribution in [2.24, 2.45) is 5.73 Å². The first-order valence-electron chi connectivity index (χ1n) is 10.1. The van der Waals surface area contributed by atoms with Crippen LogP contribution < -0.4 is 15.8 Å². The number of primary amides is 1. The quantitative estimate of drug-likeness (QED) is 0.599. The number of rotatable bonds is 9. The van der Waals surface area contributed by atoms with Gasteiger partial charge in [0.2, 0.25) is 5.91 Å². The van der Waals surface area contributed by atoms with Crippen molar-refractivity contribution in [2.75, 3.05) is 32.1 Å². The smallest absolute Gasteiger partial charge is 0.252 e. The maximum absolute atomic E-state index is 13.0. The van der Waals surface area contributed by atoms with E-state index in [9.17, 15) is 9.59 Å². The molecule has 0 atom stereocenters. The van der Waals surface area contributed by atoms with Crippen molar-refractivity contribution in [3.05, 3.63) is 59.7 Å². The summed E-state index contributed by atoms with van der Waals surface area (Å²) in [6, 6.07) is 15.4. The van der Waals surface area contributed by atoms with E-state index in [4.69, 9.17) is 15.2 Å². The summed E-state index contributed by atoms with van der Waals surface area (Å²) in [5, 5.41) is 3.12. The molecule has 1 aliphatic heterocycles. The van der Waals surface area contributed by atoms with Crippen LogP contribution in [0.3, 0.4) is 0 Å². The summed E-state index contributed by atoms with van der Waals surface area (Å²) in [6.07, 6.45) is 1.67. The van der Waals surface area contributed by atoms with Crippen LogP contribution in [-0.4, -0.2) is 43.9 Å². The minimum atomic E-state index is -0.410. The lowest BCUT2D eigenvalue weighted by molar-refractivity contribution is -0.115. The molecule has 0 radical (unpaired) electrons. The maximum atomic E-state index is 13.0. The number of amides is 2. The van der Waals surface area contributed by atoms with Gasteiger partial charge in [0.25, 0.3) is 5.91 Å². The Labute approximate surface area is 181 Å². The third kappa shape index (κ3) is 5.55. The predicted molar refractivity (Wildman–Crippen MR) is 118 cm³/mol. The zero-order valence-electron chi connectivity index (χ0n) is 17.2. The molecule has 1 heterocycles. The molecule has 2 aromatic rings. The van der Waals surface area contributed by atoms with Crippen molar-refractivity contribution in [1.29, 1.82) is 0 Å². The Morgan fingerprint density at radius 2 is 1.83 bits per heavy atom. The van der Waals surface area contributed by atoms with Gasteiger partial charge in [-0.1, -0.05) is 24.3 Å². The number of ether oxygens (including phenoxy) is 2. The zero-order valence-corrected chi connectivity index (χ0v) is 18.0. The van der Waals surface area contributed by atoms with Crippen LogP contribution in [0.4, 0.5) is 0 Å². The number of benzene rings is 2. The maximum Gasteiger partial charge on any atom is 0.252 e. The van der Waals surface area contributed by atoms with E-state index in [1.807, 2.05) is 37.3 Å². The molecule has 1 saturated heterocycles. The van der Waals surface area contributed by atoms with E-state index in [0.29, 0.717) is 31.9 Å². The number of hydrogen-bond acceptors (Lipinski definition) is 5. The van der Waals surface area contributed by atoms with Crippen molar-refractivity contribution in [2.45, 2.75) is 30.1 Å². The Morgan fingerprint density at radius 1 is 1.13 bits per heavy atom. The molecule has 1 fully saturated rings. The summed E-state index contributed by atoms with van der Waals surface area (Å²) in [6.45, 7) is 4.42. The van der Waals surface area contributed by atoms with Crippen LogP contribution in [0.5, 0.6) is 5.75 Å². The SMILES string of the molecule is CCOc1ccc(C2(CNC(=O)c3ccccc3SCC(N)=O)CCOCC2)cc1. The molecular weight excluding hydrogens is 400 g/mol. The molecule has 3 rings (SSSR count). The highest BCUT2D eigenvalue weighted by Gasteiger charge is 2.35. The second kappa shape index (κ2) is 10.5. The van der Waals surface area contributed by atoms with Crippen LogP contribution in [0.25, 0.3) is 0 Å². The molecule has 1 aliphatic rings. The van der Waals surface area contributed by atoms with Gasteiger partial charge in [-0.2, -0.15) is 0 Å². The Hall–Kier alpha value is -2.51. The normalized spacial score (nSPS) is 15.4. The van der Waals surface area contributed by atoms with Crippen LogP contribution in [0.15, 0.2) is 53.4 Å². The summed E-state index contributed by atoms with van der Waals surface area (Å²) in [5.74, 6) is 0.414. The van der Waals surface area contributed by atoms with E-state index in [2.05, 4.69) is 17.4 Å². The first-order chi connectivity index (χ1) is 14.5. The standard InChI is InChI=1S/C23H28N2O4S/c1-2-29-18-9-7-17(8-10-18)23(11-13-28-14-12-23)16-25-22(27)19-5-3-4-6-20(19)30-15-21(24)26/h3-10H,2,11-16H2,1H3,(H2,24,26)(H,25,27). The molecule has 30 heavy (non-hydrogen) atoms. The van der Waals surface area contributed by atoms with Gasteiger partial charge in [-0.25, -0.2) is 0 Å². The van der Waals surface area contributed by atoms with Gasteiger partial charge >= 0.3 is 0 Å². The minimum Gasteiger partial charge on any atom is -0.494 e. The van der Waals surface area contributed by atoms with E-state index >= 15 is 0 Å². The van der Waals surface area contributed by atoms with Crippen molar-refractivity contribution in [1.82, 2.24) is 5.32 Å². The number of hydrogen-bond donors (Lipinski definition) is 2. The van der Waals surface area contributed by atoms with Gasteiger partial charge in [0.05, 0.1) is 17.9 Å². The van der Waals surface area contributed by atoms with Crippen LogP contribution in [0.2, 0.25) is 0 Å². The van der Waals surface area contributed by atoms with E-state index in [-0.39, 0.29) is 17.1 Å². The Kier molecular flexibility index (Phi) is 7.76. The van der Waals surface area contributed by atoms with Gasteiger partial charge in [0.1, 0.15) is 5.75 Å². The fourth-order valence-electron chi connectivity index (χ4n) is 3.67. The average molecular weight is 429 g/mol. The second-order valence-corrected chi connectivity index (χ2v) is 8.30. The van der Waals surface area contributed by atoms with Gasteiger partial charge in [-0.15, -0.1) is 11.8 Å². The predicted octanol–water partition coefficient (Wildman–Crippen LogP) is 3.14. The number of carbonyl (C=O) groups is 2. The van der Waals surface area contributed by atoms with Crippen molar-refractivity contribution in [3.63, 3.8) is 0 Å². The molecule has 0 spiro atoms. The van der Waals surface area contributed by atoms with Gasteiger partial charge < -0.3 is 20.5 Å². The molecule has 160 valence electrons.